The van der Waals surface area contributed by atoms with Gasteiger partial charge in [-0.1, -0.05) is 50.2 Å². The van der Waals surface area contributed by atoms with Crippen LogP contribution >= 0.6 is 0 Å². The van der Waals surface area contributed by atoms with E-state index in [9.17, 15) is 0 Å². The SMILES string of the molecule is COc1cc(Oc2cc(C)cc(C(C)C)c2)nc(-c2ccccc2)n1. The smallest absolute Gasteiger partial charge is 0.226 e. The molecule has 0 saturated heterocycles. The van der Waals surface area contributed by atoms with E-state index in [1.807, 2.05) is 36.4 Å². The van der Waals surface area contributed by atoms with Gasteiger partial charge in [0, 0.05) is 5.56 Å². The number of methoxy groups -OCH3 is 1. The van der Waals surface area contributed by atoms with Crippen LogP contribution < -0.4 is 9.47 Å². The first kappa shape index (κ1) is 17.0. The van der Waals surface area contributed by atoms with E-state index in [1.54, 1.807) is 13.2 Å². The minimum Gasteiger partial charge on any atom is -0.481 e. The second kappa shape index (κ2) is 7.34. The van der Waals surface area contributed by atoms with Gasteiger partial charge in [0.2, 0.25) is 11.8 Å². The van der Waals surface area contributed by atoms with Crippen LogP contribution in [0, 0.1) is 6.92 Å². The van der Waals surface area contributed by atoms with Crippen molar-refractivity contribution in [3.05, 3.63) is 65.7 Å². The van der Waals surface area contributed by atoms with E-state index in [1.165, 1.54) is 5.56 Å². The van der Waals surface area contributed by atoms with Gasteiger partial charge in [0.1, 0.15) is 5.75 Å². The Labute approximate surface area is 148 Å². The average Bonchev–Trinajstić information content (AvgIpc) is 2.61. The molecule has 0 radical (unpaired) electrons. The van der Waals surface area contributed by atoms with Gasteiger partial charge in [-0.25, -0.2) is 0 Å². The van der Waals surface area contributed by atoms with Crippen molar-refractivity contribution in [3.63, 3.8) is 0 Å². The highest BCUT2D eigenvalue weighted by atomic mass is 16.5. The van der Waals surface area contributed by atoms with Gasteiger partial charge >= 0.3 is 0 Å². The third-order valence-electron chi connectivity index (χ3n) is 3.88. The summed E-state index contributed by atoms with van der Waals surface area (Å²) >= 11 is 0. The third kappa shape index (κ3) is 4.15. The Morgan fingerprint density at radius 3 is 2.28 bits per heavy atom. The molecule has 0 aliphatic carbocycles. The lowest BCUT2D eigenvalue weighted by atomic mass is 10.0. The second-order valence-electron chi connectivity index (χ2n) is 6.27. The standard InChI is InChI=1S/C21H22N2O2/c1-14(2)17-10-15(3)11-18(12-17)25-20-13-19(24-4)22-21(23-20)16-8-6-5-7-9-16/h5-14H,1-4H3. The van der Waals surface area contributed by atoms with Crippen LogP contribution in [-0.2, 0) is 0 Å². The number of ether oxygens (including phenoxy) is 2. The van der Waals surface area contributed by atoms with Crippen molar-refractivity contribution >= 4 is 0 Å². The van der Waals surface area contributed by atoms with Crippen LogP contribution in [-0.4, -0.2) is 17.1 Å². The first-order chi connectivity index (χ1) is 12.0. The zero-order valence-electron chi connectivity index (χ0n) is 15.0. The maximum atomic E-state index is 6.02. The molecule has 0 N–H and O–H groups in total. The molecule has 4 heteroatoms. The molecule has 25 heavy (non-hydrogen) atoms. The predicted octanol–water partition coefficient (Wildman–Crippen LogP) is 5.38. The second-order valence-corrected chi connectivity index (χ2v) is 6.27. The molecule has 0 amide bonds. The van der Waals surface area contributed by atoms with E-state index in [0.29, 0.717) is 23.5 Å². The van der Waals surface area contributed by atoms with Gasteiger partial charge in [0.15, 0.2) is 5.82 Å². The number of hydrogen-bond acceptors (Lipinski definition) is 4. The number of benzene rings is 2. The molecular weight excluding hydrogens is 312 g/mol. The van der Waals surface area contributed by atoms with Gasteiger partial charge in [-0.15, -0.1) is 0 Å². The molecule has 3 rings (SSSR count). The summed E-state index contributed by atoms with van der Waals surface area (Å²) in [6.07, 6.45) is 0. The van der Waals surface area contributed by atoms with Gasteiger partial charge in [0.05, 0.1) is 13.2 Å². The summed E-state index contributed by atoms with van der Waals surface area (Å²) in [6.45, 7) is 6.40. The minimum atomic E-state index is 0.432. The highest BCUT2D eigenvalue weighted by Gasteiger charge is 2.10. The zero-order chi connectivity index (χ0) is 17.8. The van der Waals surface area contributed by atoms with E-state index in [0.717, 1.165) is 16.9 Å². The maximum absolute atomic E-state index is 6.02. The molecule has 3 aromatic rings. The molecule has 0 saturated carbocycles. The fourth-order valence-electron chi connectivity index (χ4n) is 2.57. The lowest BCUT2D eigenvalue weighted by molar-refractivity contribution is 0.389. The lowest BCUT2D eigenvalue weighted by Gasteiger charge is -2.12. The van der Waals surface area contributed by atoms with Crippen LogP contribution in [0.3, 0.4) is 0 Å². The predicted molar refractivity (Wildman–Crippen MR) is 99.4 cm³/mol. The highest BCUT2D eigenvalue weighted by molar-refractivity contribution is 5.56. The van der Waals surface area contributed by atoms with Crippen LogP contribution in [0.25, 0.3) is 11.4 Å². The van der Waals surface area contributed by atoms with Crippen molar-refractivity contribution < 1.29 is 9.47 Å². The van der Waals surface area contributed by atoms with Gasteiger partial charge in [-0.05, 0) is 36.1 Å². The Morgan fingerprint density at radius 2 is 1.60 bits per heavy atom. The molecule has 0 spiro atoms. The molecular formula is C21H22N2O2. The largest absolute Gasteiger partial charge is 0.481 e. The molecule has 128 valence electrons. The van der Waals surface area contributed by atoms with Crippen molar-refractivity contribution in [2.24, 2.45) is 0 Å². The first-order valence-corrected chi connectivity index (χ1v) is 8.33. The van der Waals surface area contributed by atoms with E-state index in [4.69, 9.17) is 9.47 Å². The topological polar surface area (TPSA) is 44.2 Å². The monoisotopic (exact) mass is 334 g/mol. The van der Waals surface area contributed by atoms with Crippen LogP contribution in [0.2, 0.25) is 0 Å². The Bertz CT molecular complexity index is 861. The number of aromatic nitrogens is 2. The summed E-state index contributed by atoms with van der Waals surface area (Å²) in [4.78, 5) is 8.95. The van der Waals surface area contributed by atoms with Gasteiger partial charge in [0.25, 0.3) is 0 Å². The number of aryl methyl sites for hydroxylation is 1. The fraction of sp³-hybridized carbons (Fsp3) is 0.238. The van der Waals surface area contributed by atoms with Crippen LogP contribution in [0.1, 0.15) is 30.9 Å². The number of rotatable bonds is 5. The first-order valence-electron chi connectivity index (χ1n) is 8.33. The molecule has 0 aliphatic heterocycles. The van der Waals surface area contributed by atoms with Crippen molar-refractivity contribution in [1.29, 1.82) is 0 Å². The Balaban J connectivity index is 1.98. The molecule has 1 aromatic heterocycles. The third-order valence-corrected chi connectivity index (χ3v) is 3.88. The number of nitrogens with zero attached hydrogens (tertiary/aromatic N) is 2. The fourth-order valence-corrected chi connectivity index (χ4v) is 2.57. The maximum Gasteiger partial charge on any atom is 0.226 e. The van der Waals surface area contributed by atoms with Crippen LogP contribution in [0.4, 0.5) is 0 Å². The van der Waals surface area contributed by atoms with Crippen molar-refractivity contribution in [1.82, 2.24) is 9.97 Å². The normalized spacial score (nSPS) is 10.8. The van der Waals surface area contributed by atoms with E-state index < -0.39 is 0 Å². The molecule has 0 unspecified atom stereocenters. The van der Waals surface area contributed by atoms with E-state index in [2.05, 4.69) is 42.9 Å². The minimum absolute atomic E-state index is 0.432. The molecule has 0 aliphatic rings. The Kier molecular flexibility index (Phi) is 4.98. The Hall–Kier alpha value is -2.88. The molecule has 0 bridgehead atoms. The van der Waals surface area contributed by atoms with Crippen LogP contribution in [0.5, 0.6) is 17.5 Å². The van der Waals surface area contributed by atoms with Crippen molar-refractivity contribution in [2.45, 2.75) is 26.7 Å². The van der Waals surface area contributed by atoms with Gasteiger partial charge < -0.3 is 9.47 Å². The summed E-state index contributed by atoms with van der Waals surface area (Å²) in [6, 6.07) is 17.7. The van der Waals surface area contributed by atoms with Gasteiger partial charge in [-0.2, -0.15) is 9.97 Å². The summed E-state index contributed by atoms with van der Waals surface area (Å²) in [5.41, 5.74) is 3.31. The quantitative estimate of drug-likeness (QED) is 0.628. The average molecular weight is 334 g/mol. The van der Waals surface area contributed by atoms with E-state index >= 15 is 0 Å². The highest BCUT2D eigenvalue weighted by Crippen LogP contribution is 2.29. The molecule has 0 fully saturated rings. The summed E-state index contributed by atoms with van der Waals surface area (Å²) in [7, 11) is 1.59. The molecule has 1 heterocycles. The molecule has 4 nitrogen and oxygen atoms in total. The molecule has 2 aromatic carbocycles. The van der Waals surface area contributed by atoms with Crippen LogP contribution in [0.15, 0.2) is 54.6 Å². The summed E-state index contributed by atoms with van der Waals surface area (Å²) < 4.78 is 11.3. The summed E-state index contributed by atoms with van der Waals surface area (Å²) in [5.74, 6) is 2.71. The molecule has 0 atom stereocenters. The number of hydrogen-bond donors (Lipinski definition) is 0. The van der Waals surface area contributed by atoms with E-state index in [-0.39, 0.29) is 0 Å². The van der Waals surface area contributed by atoms with Crippen molar-refractivity contribution in [2.75, 3.05) is 7.11 Å². The lowest BCUT2D eigenvalue weighted by Crippen LogP contribution is -1.98. The van der Waals surface area contributed by atoms with Crippen molar-refractivity contribution in [3.8, 4) is 28.9 Å². The van der Waals surface area contributed by atoms with Gasteiger partial charge in [-0.3, -0.25) is 0 Å². The Morgan fingerprint density at radius 1 is 0.880 bits per heavy atom. The zero-order valence-corrected chi connectivity index (χ0v) is 15.0. The summed E-state index contributed by atoms with van der Waals surface area (Å²) in [5, 5.41) is 0.